The van der Waals surface area contributed by atoms with E-state index >= 15 is 0 Å². The summed E-state index contributed by atoms with van der Waals surface area (Å²) in [5.41, 5.74) is 0.713. The molecule has 2 unspecified atom stereocenters. The lowest BCUT2D eigenvalue weighted by atomic mass is 9.66. The van der Waals surface area contributed by atoms with Gasteiger partial charge in [0, 0.05) is 30.1 Å². The zero-order valence-corrected chi connectivity index (χ0v) is 28.7. The Kier molecular flexibility index (Phi) is 11.5. The van der Waals surface area contributed by atoms with Gasteiger partial charge in [0.25, 0.3) is 0 Å². The van der Waals surface area contributed by atoms with Crippen LogP contribution in [-0.2, 0) is 14.4 Å². The molecule has 0 radical (unpaired) electrons. The van der Waals surface area contributed by atoms with E-state index in [4.69, 9.17) is 4.74 Å². The number of rotatable bonds is 17. The number of benzene rings is 1. The minimum absolute atomic E-state index is 0.0227. The molecule has 8 nitrogen and oxygen atoms in total. The fourth-order valence-corrected chi connectivity index (χ4v) is 10.2. The van der Waals surface area contributed by atoms with Crippen LogP contribution in [0.5, 0.6) is 5.75 Å². The van der Waals surface area contributed by atoms with Crippen LogP contribution >= 0.6 is 11.8 Å². The standard InChI is InChI=1S/C36H53N3O5S/c1-8-13-14-23-37(21-9-2)34(43)31-36-20-19-35(7,45-36)29(30(36)33(42)39(31)28(24-40)25(6)11-4)32(41)38(22-10-3)26-15-17-27(18-16-26)44-12-5/h9-10,15-18,25,28-31,40H,2-3,8,11-14,19-24H2,1,4-7H3/t25-,28-,29-,30-,31?,35+,36?/m0/s1. The molecule has 7 atom stereocenters. The molecule has 9 heteroatoms. The third kappa shape index (κ3) is 6.31. The average molecular weight is 640 g/mol. The number of unbranched alkanes of at least 4 members (excludes halogenated alkanes) is 2. The van der Waals surface area contributed by atoms with Crippen molar-refractivity contribution in [2.24, 2.45) is 17.8 Å². The minimum atomic E-state index is -0.759. The first-order valence-corrected chi connectivity index (χ1v) is 17.6. The van der Waals surface area contributed by atoms with Crippen molar-refractivity contribution in [1.29, 1.82) is 0 Å². The maximum absolute atomic E-state index is 14.8. The van der Waals surface area contributed by atoms with Gasteiger partial charge in [-0.1, -0.05) is 52.2 Å². The molecule has 3 saturated heterocycles. The maximum atomic E-state index is 14.8. The van der Waals surface area contributed by atoms with Gasteiger partial charge in [0.15, 0.2) is 0 Å². The fraction of sp³-hybridized carbons (Fsp3) is 0.639. The van der Waals surface area contributed by atoms with Crippen LogP contribution in [0.3, 0.4) is 0 Å². The van der Waals surface area contributed by atoms with Crippen molar-refractivity contribution in [3.63, 3.8) is 0 Å². The summed E-state index contributed by atoms with van der Waals surface area (Å²) in [4.78, 5) is 49.6. The van der Waals surface area contributed by atoms with Crippen LogP contribution in [0.2, 0.25) is 0 Å². The van der Waals surface area contributed by atoms with Gasteiger partial charge in [-0.2, -0.15) is 0 Å². The number of likely N-dealkylation sites (tertiary alicyclic amines) is 1. The number of nitrogens with zero attached hydrogens (tertiary/aromatic N) is 3. The van der Waals surface area contributed by atoms with Crippen molar-refractivity contribution in [2.45, 2.75) is 94.7 Å². The molecule has 3 amide bonds. The molecule has 3 fully saturated rings. The first-order valence-electron chi connectivity index (χ1n) is 16.8. The van der Waals surface area contributed by atoms with E-state index in [0.717, 1.165) is 37.9 Å². The molecule has 4 rings (SSSR count). The first kappa shape index (κ1) is 35.1. The van der Waals surface area contributed by atoms with Gasteiger partial charge in [0.2, 0.25) is 17.7 Å². The monoisotopic (exact) mass is 639 g/mol. The highest BCUT2D eigenvalue weighted by Gasteiger charge is 2.78. The molecule has 3 aliphatic heterocycles. The number of hydrogen-bond acceptors (Lipinski definition) is 6. The normalized spacial score (nSPS) is 28.0. The van der Waals surface area contributed by atoms with E-state index in [9.17, 15) is 19.5 Å². The van der Waals surface area contributed by atoms with Crippen molar-refractivity contribution in [3.8, 4) is 5.75 Å². The second-order valence-electron chi connectivity index (χ2n) is 13.1. The lowest BCUT2D eigenvalue weighted by Crippen LogP contribution is -2.58. The lowest BCUT2D eigenvalue weighted by molar-refractivity contribution is -0.147. The van der Waals surface area contributed by atoms with E-state index in [2.05, 4.69) is 27.0 Å². The van der Waals surface area contributed by atoms with E-state index < -0.39 is 33.4 Å². The van der Waals surface area contributed by atoms with Gasteiger partial charge in [-0.15, -0.1) is 24.9 Å². The number of carbonyl (C=O) groups is 3. The summed E-state index contributed by atoms with van der Waals surface area (Å²) in [6.45, 7) is 19.6. The van der Waals surface area contributed by atoms with Crippen molar-refractivity contribution >= 4 is 35.2 Å². The summed E-state index contributed by atoms with van der Waals surface area (Å²) in [7, 11) is 0. The van der Waals surface area contributed by atoms with Gasteiger partial charge >= 0.3 is 0 Å². The fourth-order valence-electron chi connectivity index (χ4n) is 7.87. The Morgan fingerprint density at radius 3 is 2.38 bits per heavy atom. The van der Waals surface area contributed by atoms with Crippen molar-refractivity contribution in [3.05, 3.63) is 49.6 Å². The second-order valence-corrected chi connectivity index (χ2v) is 14.9. The van der Waals surface area contributed by atoms with Crippen LogP contribution in [0.4, 0.5) is 5.69 Å². The van der Waals surface area contributed by atoms with E-state index in [-0.39, 0.29) is 30.2 Å². The highest BCUT2D eigenvalue weighted by atomic mass is 32.2. The molecule has 1 aromatic rings. The van der Waals surface area contributed by atoms with Crippen LogP contribution in [0.25, 0.3) is 0 Å². The molecule has 0 aromatic heterocycles. The quantitative estimate of drug-likeness (QED) is 0.174. The molecule has 0 aliphatic carbocycles. The van der Waals surface area contributed by atoms with E-state index in [1.54, 1.807) is 33.7 Å². The zero-order chi connectivity index (χ0) is 32.9. The number of amides is 3. The Hall–Kier alpha value is -2.78. The third-order valence-electron chi connectivity index (χ3n) is 10.3. The van der Waals surface area contributed by atoms with Crippen LogP contribution < -0.4 is 9.64 Å². The molecule has 0 saturated carbocycles. The molecule has 3 heterocycles. The number of ether oxygens (including phenoxy) is 1. The van der Waals surface area contributed by atoms with Crippen molar-refractivity contribution < 1.29 is 24.2 Å². The van der Waals surface area contributed by atoms with Gasteiger partial charge in [-0.25, -0.2) is 0 Å². The number of aliphatic hydroxyl groups is 1. The number of fused-ring (bicyclic) bond motifs is 1. The van der Waals surface area contributed by atoms with E-state index in [1.807, 2.05) is 49.9 Å². The highest BCUT2D eigenvalue weighted by Crippen LogP contribution is 2.72. The molecule has 3 aliphatic rings. The summed E-state index contributed by atoms with van der Waals surface area (Å²) >= 11 is 1.67. The van der Waals surface area contributed by atoms with E-state index in [1.165, 1.54) is 0 Å². The number of carbonyl (C=O) groups excluding carboxylic acids is 3. The minimum Gasteiger partial charge on any atom is -0.494 e. The van der Waals surface area contributed by atoms with Crippen LogP contribution in [-0.4, -0.2) is 87.1 Å². The SMILES string of the molecule is C=CCN(CCCCC)C(=O)C1N([C@@H](CO)[C@@H](C)CC)C(=O)[C@@H]2[C@@H](C(=O)N(CC=C)c3ccc(OCC)cc3)[C@@]3(C)CCC12S3. The summed E-state index contributed by atoms with van der Waals surface area (Å²) < 4.78 is 4.35. The van der Waals surface area contributed by atoms with E-state index in [0.29, 0.717) is 38.3 Å². The Bertz CT molecular complexity index is 1240. The molecule has 45 heavy (non-hydrogen) atoms. The summed E-state index contributed by atoms with van der Waals surface area (Å²) in [5, 5.41) is 10.7. The van der Waals surface area contributed by atoms with Gasteiger partial charge < -0.3 is 24.5 Å². The van der Waals surface area contributed by atoms with Crippen LogP contribution in [0.1, 0.15) is 73.1 Å². The van der Waals surface area contributed by atoms with Crippen LogP contribution in [0, 0.1) is 17.8 Å². The van der Waals surface area contributed by atoms with Gasteiger partial charge in [-0.05, 0) is 63.3 Å². The third-order valence-corrected chi connectivity index (χ3v) is 12.3. The molecule has 2 bridgehead atoms. The van der Waals surface area contributed by atoms with Gasteiger partial charge in [0.1, 0.15) is 11.8 Å². The predicted molar refractivity (Wildman–Crippen MR) is 182 cm³/mol. The maximum Gasteiger partial charge on any atom is 0.247 e. The lowest BCUT2D eigenvalue weighted by Gasteiger charge is -2.41. The largest absolute Gasteiger partial charge is 0.494 e. The Balaban J connectivity index is 1.80. The summed E-state index contributed by atoms with van der Waals surface area (Å²) in [5.74, 6) is -0.999. The molecule has 248 valence electrons. The number of anilines is 1. The summed E-state index contributed by atoms with van der Waals surface area (Å²) in [6.07, 6.45) is 8.50. The van der Waals surface area contributed by atoms with Gasteiger partial charge in [-0.3, -0.25) is 14.4 Å². The highest BCUT2D eigenvalue weighted by molar-refractivity contribution is 8.02. The summed E-state index contributed by atoms with van der Waals surface area (Å²) in [6, 6.07) is 6.16. The molecule has 1 spiro atoms. The smallest absolute Gasteiger partial charge is 0.247 e. The number of thioether (sulfide) groups is 1. The first-order chi connectivity index (χ1) is 21.6. The Morgan fingerprint density at radius 1 is 1.11 bits per heavy atom. The topological polar surface area (TPSA) is 90.4 Å². The number of hydrogen-bond donors (Lipinski definition) is 1. The zero-order valence-electron chi connectivity index (χ0n) is 27.9. The Morgan fingerprint density at radius 2 is 1.80 bits per heavy atom. The molecular weight excluding hydrogens is 586 g/mol. The van der Waals surface area contributed by atoms with Crippen molar-refractivity contribution in [1.82, 2.24) is 9.80 Å². The van der Waals surface area contributed by atoms with Crippen LogP contribution in [0.15, 0.2) is 49.6 Å². The number of aliphatic hydroxyl groups excluding tert-OH is 1. The van der Waals surface area contributed by atoms with Crippen molar-refractivity contribution in [2.75, 3.05) is 37.7 Å². The molecule has 1 N–H and O–H groups in total. The van der Waals surface area contributed by atoms with Gasteiger partial charge in [0.05, 0.1) is 35.8 Å². The second kappa shape index (κ2) is 14.8. The molecular formula is C36H53N3O5S. The predicted octanol–water partition coefficient (Wildman–Crippen LogP) is 5.70. The molecule has 1 aromatic carbocycles. The Labute approximate surface area is 274 Å². The average Bonchev–Trinajstić information content (AvgIpc) is 3.60.